The highest BCUT2D eigenvalue weighted by molar-refractivity contribution is 6.31. The monoisotopic (exact) mass is 474 g/mol. The van der Waals surface area contributed by atoms with Gasteiger partial charge in [-0.1, -0.05) is 24.4 Å². The summed E-state index contributed by atoms with van der Waals surface area (Å²) in [6, 6.07) is 4.09. The van der Waals surface area contributed by atoms with Crippen molar-refractivity contribution in [3.8, 4) is 0 Å². The minimum Gasteiger partial charge on any atom is -0.337 e. The zero-order chi connectivity index (χ0) is 23.4. The average molecular weight is 475 g/mol. The molecule has 6 nitrogen and oxygen atoms in total. The van der Waals surface area contributed by atoms with Gasteiger partial charge < -0.3 is 15.5 Å². The second-order valence-corrected chi connectivity index (χ2v) is 10.7. The van der Waals surface area contributed by atoms with Crippen LogP contribution in [0.2, 0.25) is 5.02 Å². The second-order valence-electron chi connectivity index (χ2n) is 10.3. The predicted octanol–water partition coefficient (Wildman–Crippen LogP) is 4.20. The van der Waals surface area contributed by atoms with E-state index in [2.05, 4.69) is 34.3 Å². The van der Waals surface area contributed by atoms with Crippen molar-refractivity contribution < 1.29 is 9.59 Å². The molecule has 4 rings (SSSR count). The normalized spacial score (nSPS) is 23.1. The van der Waals surface area contributed by atoms with Gasteiger partial charge in [0, 0.05) is 55.3 Å². The van der Waals surface area contributed by atoms with Crippen molar-refractivity contribution in [3.63, 3.8) is 0 Å². The lowest BCUT2D eigenvalue weighted by Gasteiger charge is -2.41. The molecule has 182 valence electrons. The third kappa shape index (κ3) is 6.28. The van der Waals surface area contributed by atoms with Crippen molar-refractivity contribution in [1.29, 1.82) is 0 Å². The van der Waals surface area contributed by atoms with Gasteiger partial charge in [-0.2, -0.15) is 0 Å². The number of nitrogens with one attached hydrogen (secondary N) is 2. The van der Waals surface area contributed by atoms with Crippen molar-refractivity contribution >= 4 is 29.1 Å². The molecule has 1 aliphatic carbocycles. The number of rotatable bonds is 6. The number of piperidine rings is 1. The first-order valence-corrected chi connectivity index (χ1v) is 13.1. The summed E-state index contributed by atoms with van der Waals surface area (Å²) < 4.78 is 0. The molecular formula is C26H39ClN4O2. The number of halogens is 1. The van der Waals surface area contributed by atoms with Crippen LogP contribution in [0.3, 0.4) is 0 Å². The number of piperazine rings is 1. The third-order valence-corrected chi connectivity index (χ3v) is 8.00. The van der Waals surface area contributed by atoms with Crippen molar-refractivity contribution in [1.82, 2.24) is 15.1 Å². The van der Waals surface area contributed by atoms with E-state index in [1.165, 1.54) is 12.8 Å². The van der Waals surface area contributed by atoms with E-state index >= 15 is 0 Å². The first-order valence-electron chi connectivity index (χ1n) is 12.7. The minimum atomic E-state index is 0.0749. The van der Waals surface area contributed by atoms with E-state index in [0.29, 0.717) is 23.3 Å². The molecule has 0 aromatic heterocycles. The second kappa shape index (κ2) is 11.2. The molecule has 1 saturated carbocycles. The van der Waals surface area contributed by atoms with Gasteiger partial charge in [0.15, 0.2) is 0 Å². The Morgan fingerprint density at radius 1 is 1.12 bits per heavy atom. The van der Waals surface area contributed by atoms with Crippen LogP contribution in [0.25, 0.3) is 0 Å². The van der Waals surface area contributed by atoms with Crippen molar-refractivity contribution in [2.45, 2.75) is 71.4 Å². The molecule has 0 spiro atoms. The number of nitrogens with zero attached hydrogens (tertiary/aromatic N) is 2. The topological polar surface area (TPSA) is 64.7 Å². The van der Waals surface area contributed by atoms with E-state index in [1.54, 1.807) is 0 Å². The summed E-state index contributed by atoms with van der Waals surface area (Å²) in [5.74, 6) is 1.13. The van der Waals surface area contributed by atoms with Gasteiger partial charge in [-0.05, 0) is 81.8 Å². The van der Waals surface area contributed by atoms with Crippen LogP contribution in [0.5, 0.6) is 0 Å². The summed E-state index contributed by atoms with van der Waals surface area (Å²) in [7, 11) is 0. The maximum Gasteiger partial charge on any atom is 0.226 e. The SMILES string of the molecule is Cc1c(CN2CCN(C(=O)C3CCCC3)[C@@H](C)C2)cc(Cl)cc1NC(=O)CC1CCNCC1. The van der Waals surface area contributed by atoms with Gasteiger partial charge in [0.2, 0.25) is 11.8 Å². The Kier molecular flexibility index (Phi) is 8.31. The molecule has 1 aromatic rings. The average Bonchev–Trinajstić information content (AvgIpc) is 3.32. The van der Waals surface area contributed by atoms with Gasteiger partial charge >= 0.3 is 0 Å². The van der Waals surface area contributed by atoms with Crippen molar-refractivity contribution in [2.75, 3.05) is 38.0 Å². The molecule has 3 aliphatic rings. The lowest BCUT2D eigenvalue weighted by Crippen LogP contribution is -2.54. The summed E-state index contributed by atoms with van der Waals surface area (Å²) in [5, 5.41) is 7.12. The van der Waals surface area contributed by atoms with E-state index in [0.717, 1.165) is 81.8 Å². The zero-order valence-electron chi connectivity index (χ0n) is 20.2. The van der Waals surface area contributed by atoms with Gasteiger partial charge in [-0.15, -0.1) is 0 Å². The summed E-state index contributed by atoms with van der Waals surface area (Å²) in [5.41, 5.74) is 3.04. The number of anilines is 1. The Bertz CT molecular complexity index is 849. The first kappa shape index (κ1) is 24.5. The molecular weight excluding hydrogens is 436 g/mol. The number of amides is 2. The Labute approximate surface area is 203 Å². The fourth-order valence-corrected chi connectivity index (χ4v) is 5.97. The molecule has 0 bridgehead atoms. The number of benzene rings is 1. The molecule has 2 N–H and O–H groups in total. The highest BCUT2D eigenvalue weighted by atomic mass is 35.5. The van der Waals surface area contributed by atoms with Gasteiger partial charge in [-0.3, -0.25) is 14.5 Å². The molecule has 2 amide bonds. The molecule has 33 heavy (non-hydrogen) atoms. The minimum absolute atomic E-state index is 0.0749. The van der Waals surface area contributed by atoms with E-state index < -0.39 is 0 Å². The van der Waals surface area contributed by atoms with Crippen LogP contribution >= 0.6 is 11.6 Å². The van der Waals surface area contributed by atoms with Crippen LogP contribution in [0.15, 0.2) is 12.1 Å². The van der Waals surface area contributed by atoms with Gasteiger partial charge in [0.05, 0.1) is 0 Å². The van der Waals surface area contributed by atoms with Crippen LogP contribution < -0.4 is 10.6 Å². The van der Waals surface area contributed by atoms with Gasteiger partial charge in [0.25, 0.3) is 0 Å². The number of carbonyl (C=O) groups is 2. The molecule has 2 heterocycles. The van der Waals surface area contributed by atoms with E-state index in [4.69, 9.17) is 11.6 Å². The molecule has 2 saturated heterocycles. The number of hydrogen-bond donors (Lipinski definition) is 2. The fraction of sp³-hybridized carbons (Fsp3) is 0.692. The highest BCUT2D eigenvalue weighted by Crippen LogP contribution is 2.30. The maximum atomic E-state index is 12.9. The predicted molar refractivity (Wildman–Crippen MR) is 133 cm³/mol. The standard InChI is InChI=1S/C26H39ClN4O2/c1-18-16-30(11-12-31(18)26(33)21-5-3-4-6-21)17-22-14-23(27)15-24(19(22)2)29-25(32)13-20-7-9-28-10-8-20/h14-15,18,20-21,28H,3-13,16-17H2,1-2H3,(H,29,32)/t18-/m0/s1. The molecule has 2 aliphatic heterocycles. The maximum absolute atomic E-state index is 12.9. The molecule has 0 radical (unpaired) electrons. The fourth-order valence-electron chi connectivity index (χ4n) is 5.73. The third-order valence-electron chi connectivity index (χ3n) is 7.78. The van der Waals surface area contributed by atoms with Crippen molar-refractivity contribution in [2.24, 2.45) is 11.8 Å². The summed E-state index contributed by atoms with van der Waals surface area (Å²) in [6.07, 6.45) is 7.17. The van der Waals surface area contributed by atoms with Crippen molar-refractivity contribution in [3.05, 3.63) is 28.3 Å². The van der Waals surface area contributed by atoms with E-state index in [1.807, 2.05) is 12.1 Å². The van der Waals surface area contributed by atoms with Crippen LogP contribution in [0, 0.1) is 18.8 Å². The van der Waals surface area contributed by atoms with Crippen LogP contribution in [0.4, 0.5) is 5.69 Å². The Morgan fingerprint density at radius 3 is 2.55 bits per heavy atom. The van der Waals surface area contributed by atoms with Crippen LogP contribution in [-0.2, 0) is 16.1 Å². The van der Waals surface area contributed by atoms with Crippen LogP contribution in [0.1, 0.15) is 63.0 Å². The first-order chi connectivity index (χ1) is 15.9. The summed E-state index contributed by atoms with van der Waals surface area (Å²) >= 11 is 6.45. The number of carbonyl (C=O) groups excluding carboxylic acids is 2. The van der Waals surface area contributed by atoms with E-state index in [-0.39, 0.29) is 17.9 Å². The molecule has 1 aromatic carbocycles. The lowest BCUT2D eigenvalue weighted by molar-refractivity contribution is -0.140. The van der Waals surface area contributed by atoms with Gasteiger partial charge in [0.1, 0.15) is 0 Å². The Balaban J connectivity index is 1.35. The quantitative estimate of drug-likeness (QED) is 0.648. The molecule has 7 heteroatoms. The molecule has 1 atom stereocenters. The molecule has 0 unspecified atom stereocenters. The van der Waals surface area contributed by atoms with E-state index in [9.17, 15) is 9.59 Å². The summed E-state index contributed by atoms with van der Waals surface area (Å²) in [6.45, 7) is 9.52. The number of hydrogen-bond acceptors (Lipinski definition) is 4. The Hall–Kier alpha value is -1.63. The lowest BCUT2D eigenvalue weighted by atomic mass is 9.94. The van der Waals surface area contributed by atoms with Crippen LogP contribution in [-0.4, -0.2) is 60.4 Å². The zero-order valence-corrected chi connectivity index (χ0v) is 20.9. The van der Waals surface area contributed by atoms with Gasteiger partial charge in [-0.25, -0.2) is 0 Å². The highest BCUT2D eigenvalue weighted by Gasteiger charge is 2.33. The smallest absolute Gasteiger partial charge is 0.226 e. The largest absolute Gasteiger partial charge is 0.337 e. The summed E-state index contributed by atoms with van der Waals surface area (Å²) in [4.78, 5) is 30.1. The molecule has 3 fully saturated rings. The Morgan fingerprint density at radius 2 is 1.85 bits per heavy atom.